The zero-order valence-corrected chi connectivity index (χ0v) is 14.5. The molecule has 0 aliphatic carbocycles. The van der Waals surface area contributed by atoms with Crippen molar-refractivity contribution in [1.82, 2.24) is 0 Å². The van der Waals surface area contributed by atoms with Crippen LogP contribution in [-0.2, 0) is 0 Å². The molecule has 0 aliphatic heterocycles. The van der Waals surface area contributed by atoms with Crippen LogP contribution in [0.3, 0.4) is 0 Å². The molecule has 0 aliphatic rings. The van der Waals surface area contributed by atoms with Crippen LogP contribution in [0.25, 0.3) is 0 Å². The van der Waals surface area contributed by atoms with Crippen LogP contribution >= 0.6 is 0 Å². The van der Waals surface area contributed by atoms with Gasteiger partial charge in [-0.25, -0.2) is 4.39 Å². The Kier molecular flexibility index (Phi) is 5.47. The van der Waals surface area contributed by atoms with Gasteiger partial charge < -0.3 is 15.4 Å². The second-order valence-corrected chi connectivity index (χ2v) is 5.70. The molecule has 27 heavy (non-hydrogen) atoms. The fraction of sp³-hybridized carbons (Fsp3) is 0.0476. The van der Waals surface area contributed by atoms with Crippen LogP contribution < -0.4 is 15.4 Å². The lowest BCUT2D eigenvalue weighted by molar-refractivity contribution is 0.101. The molecule has 0 heterocycles. The lowest BCUT2D eigenvalue weighted by Gasteiger charge is -2.10. The van der Waals surface area contributed by atoms with Gasteiger partial charge in [0.1, 0.15) is 11.6 Å². The second-order valence-electron chi connectivity index (χ2n) is 5.70. The summed E-state index contributed by atoms with van der Waals surface area (Å²) in [6.07, 6.45) is 0. The summed E-state index contributed by atoms with van der Waals surface area (Å²) in [6, 6.07) is 18.9. The number of hydrogen-bond donors (Lipinski definition) is 2. The number of rotatable bonds is 5. The van der Waals surface area contributed by atoms with Crippen LogP contribution in [0, 0.1) is 5.82 Å². The summed E-state index contributed by atoms with van der Waals surface area (Å²) in [5, 5.41) is 5.43. The molecule has 0 atom stereocenters. The Bertz CT molecular complexity index is 971. The van der Waals surface area contributed by atoms with Gasteiger partial charge in [-0.15, -0.1) is 0 Å². The minimum absolute atomic E-state index is 0.344. The number of methoxy groups -OCH3 is 1. The molecule has 0 bridgehead atoms. The first-order valence-electron chi connectivity index (χ1n) is 8.18. The van der Waals surface area contributed by atoms with Crippen LogP contribution in [0.4, 0.5) is 15.8 Å². The summed E-state index contributed by atoms with van der Waals surface area (Å²) in [4.78, 5) is 24.8. The number of hydrogen-bond acceptors (Lipinski definition) is 3. The third-order valence-electron chi connectivity index (χ3n) is 3.84. The van der Waals surface area contributed by atoms with Gasteiger partial charge in [0, 0.05) is 16.9 Å². The lowest BCUT2D eigenvalue weighted by Crippen LogP contribution is -2.15. The zero-order chi connectivity index (χ0) is 19.2. The van der Waals surface area contributed by atoms with Crippen molar-refractivity contribution < 1.29 is 18.7 Å². The number of carbonyl (C=O) groups is 2. The summed E-state index contributed by atoms with van der Waals surface area (Å²) in [5.74, 6) is -0.632. The van der Waals surface area contributed by atoms with Gasteiger partial charge in [0.05, 0.1) is 12.7 Å². The van der Waals surface area contributed by atoms with E-state index >= 15 is 0 Å². The normalized spacial score (nSPS) is 10.1. The number of ether oxygens (including phenoxy) is 1. The number of anilines is 2. The molecule has 6 heteroatoms. The highest BCUT2D eigenvalue weighted by Crippen LogP contribution is 2.20. The molecular formula is C21H17FN2O3. The third-order valence-corrected chi connectivity index (χ3v) is 3.84. The van der Waals surface area contributed by atoms with E-state index in [4.69, 9.17) is 4.74 Å². The van der Waals surface area contributed by atoms with Crippen molar-refractivity contribution in [3.05, 3.63) is 89.7 Å². The van der Waals surface area contributed by atoms with Crippen LogP contribution in [0.2, 0.25) is 0 Å². The van der Waals surface area contributed by atoms with Crippen molar-refractivity contribution in [2.75, 3.05) is 17.7 Å². The summed E-state index contributed by atoms with van der Waals surface area (Å²) >= 11 is 0. The van der Waals surface area contributed by atoms with E-state index in [9.17, 15) is 14.0 Å². The van der Waals surface area contributed by atoms with Gasteiger partial charge in [-0.2, -0.15) is 0 Å². The molecule has 0 saturated heterocycles. The van der Waals surface area contributed by atoms with E-state index in [0.29, 0.717) is 28.3 Å². The van der Waals surface area contributed by atoms with E-state index in [1.807, 2.05) is 0 Å². The average Bonchev–Trinajstić information content (AvgIpc) is 2.69. The molecule has 0 unspecified atom stereocenters. The highest BCUT2D eigenvalue weighted by atomic mass is 19.1. The van der Waals surface area contributed by atoms with Crippen molar-refractivity contribution in [3.63, 3.8) is 0 Å². The standard InChI is InChI=1S/C21H17FN2O3/c1-27-19-8-3-2-7-18(19)21(26)24-17-6-4-5-14(13-17)20(25)23-16-11-9-15(22)10-12-16/h2-13H,1H3,(H,23,25)(H,24,26). The Hall–Kier alpha value is -3.67. The average molecular weight is 364 g/mol. The van der Waals surface area contributed by atoms with Gasteiger partial charge in [-0.3, -0.25) is 9.59 Å². The summed E-state index contributed by atoms with van der Waals surface area (Å²) < 4.78 is 18.1. The molecule has 0 radical (unpaired) electrons. The Morgan fingerprint density at radius 2 is 1.52 bits per heavy atom. The maximum Gasteiger partial charge on any atom is 0.259 e. The number of halogens is 1. The summed E-state index contributed by atoms with van der Waals surface area (Å²) in [7, 11) is 1.49. The van der Waals surface area contributed by atoms with Crippen LogP contribution in [-0.4, -0.2) is 18.9 Å². The number of carbonyl (C=O) groups excluding carboxylic acids is 2. The Morgan fingerprint density at radius 1 is 0.815 bits per heavy atom. The van der Waals surface area contributed by atoms with Gasteiger partial charge in [0.2, 0.25) is 0 Å². The molecule has 3 aromatic carbocycles. The first-order valence-corrected chi connectivity index (χ1v) is 8.18. The molecule has 3 aromatic rings. The number of benzene rings is 3. The number of amides is 2. The van der Waals surface area contributed by atoms with Crippen molar-refractivity contribution >= 4 is 23.2 Å². The molecule has 0 fully saturated rings. The highest BCUT2D eigenvalue weighted by molar-refractivity contribution is 6.08. The maximum absolute atomic E-state index is 13.0. The fourth-order valence-electron chi connectivity index (χ4n) is 2.51. The van der Waals surface area contributed by atoms with Gasteiger partial charge in [0.25, 0.3) is 11.8 Å². The van der Waals surface area contributed by atoms with E-state index in [-0.39, 0.29) is 17.6 Å². The molecule has 0 aromatic heterocycles. The fourth-order valence-corrected chi connectivity index (χ4v) is 2.51. The van der Waals surface area contributed by atoms with E-state index in [2.05, 4.69) is 10.6 Å². The topological polar surface area (TPSA) is 67.4 Å². The monoisotopic (exact) mass is 364 g/mol. The summed E-state index contributed by atoms with van der Waals surface area (Å²) in [5.41, 5.74) is 1.70. The summed E-state index contributed by atoms with van der Waals surface area (Å²) in [6.45, 7) is 0. The SMILES string of the molecule is COc1ccccc1C(=O)Nc1cccc(C(=O)Nc2ccc(F)cc2)c1. The highest BCUT2D eigenvalue weighted by Gasteiger charge is 2.13. The predicted octanol–water partition coefficient (Wildman–Crippen LogP) is 4.34. The predicted molar refractivity (Wildman–Crippen MR) is 102 cm³/mol. The van der Waals surface area contributed by atoms with Crippen molar-refractivity contribution in [2.45, 2.75) is 0 Å². The largest absolute Gasteiger partial charge is 0.496 e. The van der Waals surface area contributed by atoms with Crippen molar-refractivity contribution in [2.24, 2.45) is 0 Å². The van der Waals surface area contributed by atoms with E-state index in [0.717, 1.165) is 0 Å². The van der Waals surface area contributed by atoms with Gasteiger partial charge in [-0.1, -0.05) is 18.2 Å². The Balaban J connectivity index is 1.74. The van der Waals surface area contributed by atoms with E-state index in [1.54, 1.807) is 48.5 Å². The van der Waals surface area contributed by atoms with E-state index < -0.39 is 0 Å². The molecule has 5 nitrogen and oxygen atoms in total. The first-order chi connectivity index (χ1) is 13.1. The quantitative estimate of drug-likeness (QED) is 0.708. The van der Waals surface area contributed by atoms with Gasteiger partial charge >= 0.3 is 0 Å². The minimum atomic E-state index is -0.381. The Labute approximate surface area is 155 Å². The molecule has 3 rings (SSSR count). The Morgan fingerprint density at radius 3 is 2.26 bits per heavy atom. The van der Waals surface area contributed by atoms with Crippen molar-refractivity contribution in [1.29, 1.82) is 0 Å². The second kappa shape index (κ2) is 8.14. The zero-order valence-electron chi connectivity index (χ0n) is 14.5. The maximum atomic E-state index is 13.0. The smallest absolute Gasteiger partial charge is 0.259 e. The van der Waals surface area contributed by atoms with Gasteiger partial charge in [0.15, 0.2) is 0 Å². The number of nitrogens with one attached hydrogen (secondary N) is 2. The number of para-hydroxylation sites is 1. The van der Waals surface area contributed by atoms with Gasteiger partial charge in [-0.05, 0) is 54.6 Å². The molecule has 0 saturated carbocycles. The minimum Gasteiger partial charge on any atom is -0.496 e. The molecule has 2 N–H and O–H groups in total. The van der Waals surface area contributed by atoms with Crippen LogP contribution in [0.5, 0.6) is 5.75 Å². The molecule has 0 spiro atoms. The third kappa shape index (κ3) is 4.49. The molecule has 136 valence electrons. The van der Waals surface area contributed by atoms with Crippen LogP contribution in [0.1, 0.15) is 20.7 Å². The van der Waals surface area contributed by atoms with Crippen molar-refractivity contribution in [3.8, 4) is 5.75 Å². The van der Waals surface area contributed by atoms with Crippen LogP contribution in [0.15, 0.2) is 72.8 Å². The molecule has 2 amide bonds. The first kappa shape index (κ1) is 18.1. The molecular weight excluding hydrogens is 347 g/mol. The van der Waals surface area contributed by atoms with E-state index in [1.165, 1.54) is 31.4 Å². The lowest BCUT2D eigenvalue weighted by atomic mass is 10.1.